The minimum atomic E-state index is -0.512. The van der Waals surface area contributed by atoms with Gasteiger partial charge in [-0.05, 0) is 80.0 Å². The summed E-state index contributed by atoms with van der Waals surface area (Å²) in [5, 5.41) is 6.85. The van der Waals surface area contributed by atoms with Gasteiger partial charge in [-0.1, -0.05) is 23.4 Å². The fourth-order valence-corrected chi connectivity index (χ4v) is 4.56. The molecule has 1 saturated carbocycles. The number of benzene rings is 2. The van der Waals surface area contributed by atoms with E-state index >= 15 is 0 Å². The first-order valence-corrected chi connectivity index (χ1v) is 12.7. The summed E-state index contributed by atoms with van der Waals surface area (Å²) < 4.78 is 29.9. The maximum atomic E-state index is 14.1. The van der Waals surface area contributed by atoms with E-state index < -0.39 is 5.97 Å². The maximum absolute atomic E-state index is 14.1. The van der Waals surface area contributed by atoms with Crippen LogP contribution >= 0.6 is 0 Å². The van der Waals surface area contributed by atoms with Crippen molar-refractivity contribution >= 4 is 17.7 Å². The van der Waals surface area contributed by atoms with Crippen LogP contribution in [0.3, 0.4) is 0 Å². The number of ether oxygens (including phenoxy) is 2. The Morgan fingerprint density at radius 1 is 1.05 bits per heavy atom. The molecule has 0 bridgehead atoms. The molecule has 1 aliphatic rings. The lowest BCUT2D eigenvalue weighted by Crippen LogP contribution is -2.14. The fourth-order valence-electron chi connectivity index (χ4n) is 4.56. The first-order chi connectivity index (χ1) is 18.9. The van der Waals surface area contributed by atoms with Crippen LogP contribution in [0.4, 0.5) is 10.2 Å². The van der Waals surface area contributed by atoms with E-state index in [9.17, 15) is 14.0 Å². The smallest absolute Gasteiger partial charge is 0.339 e. The Kier molecular flexibility index (Phi) is 7.67. The number of nitrogens with one attached hydrogen (secondary N) is 1. The summed E-state index contributed by atoms with van der Waals surface area (Å²) in [6.45, 7) is 1.91. The van der Waals surface area contributed by atoms with Crippen LogP contribution in [0.25, 0.3) is 0 Å². The van der Waals surface area contributed by atoms with Gasteiger partial charge in [0.2, 0.25) is 0 Å². The molecular weight excluding hydrogens is 501 g/mol. The van der Waals surface area contributed by atoms with Gasteiger partial charge in [-0.15, -0.1) is 0 Å². The number of halogens is 1. The van der Waals surface area contributed by atoms with Gasteiger partial charge >= 0.3 is 5.97 Å². The largest absolute Gasteiger partial charge is 0.489 e. The van der Waals surface area contributed by atoms with Gasteiger partial charge in [0.05, 0.1) is 18.4 Å². The molecule has 1 amide bonds. The monoisotopic (exact) mass is 529 g/mol. The predicted molar refractivity (Wildman–Crippen MR) is 141 cm³/mol. The van der Waals surface area contributed by atoms with Crippen LogP contribution in [-0.2, 0) is 24.2 Å². The van der Waals surface area contributed by atoms with Crippen LogP contribution in [-0.4, -0.2) is 29.1 Å². The second-order valence-corrected chi connectivity index (χ2v) is 9.72. The highest BCUT2D eigenvalue weighted by atomic mass is 19.1. The van der Waals surface area contributed by atoms with Crippen LogP contribution in [0.5, 0.6) is 5.75 Å². The number of carbonyl (C=O) groups excluding carboxylic acids is 2. The molecule has 39 heavy (non-hydrogen) atoms. The van der Waals surface area contributed by atoms with E-state index in [4.69, 9.17) is 9.26 Å². The highest BCUT2D eigenvalue weighted by molar-refractivity contribution is 6.04. The number of rotatable bonds is 10. The molecule has 0 saturated heterocycles. The summed E-state index contributed by atoms with van der Waals surface area (Å²) in [6.07, 6.45) is 4.02. The van der Waals surface area contributed by atoms with Crippen molar-refractivity contribution in [3.05, 3.63) is 106 Å². The van der Waals surface area contributed by atoms with E-state index in [0.29, 0.717) is 28.7 Å². The number of hydrogen-bond donors (Lipinski definition) is 1. The molecule has 200 valence electrons. The minimum Gasteiger partial charge on any atom is -0.489 e. The number of aryl methyl sites for hydroxylation is 1. The van der Waals surface area contributed by atoms with E-state index in [1.165, 1.54) is 31.5 Å². The number of methoxy groups -OCH3 is 1. The number of amides is 1. The van der Waals surface area contributed by atoms with Crippen molar-refractivity contribution in [2.75, 3.05) is 12.4 Å². The summed E-state index contributed by atoms with van der Waals surface area (Å²) in [5.41, 5.74) is 2.99. The average molecular weight is 530 g/mol. The SMILES string of the molecule is COC(=O)c1ccc(NC(=O)c2cc(CC3CC3Cc3cc(C)on3)cc(OCc3ccccc3F)c2)nc1. The molecule has 4 aromatic rings. The number of carbonyl (C=O) groups is 2. The molecule has 2 aromatic carbocycles. The number of anilines is 1. The molecule has 1 fully saturated rings. The molecule has 8 nitrogen and oxygen atoms in total. The van der Waals surface area contributed by atoms with Crippen molar-refractivity contribution in [1.82, 2.24) is 10.1 Å². The van der Waals surface area contributed by atoms with Crippen LogP contribution in [0.15, 0.2) is 71.4 Å². The quantitative estimate of drug-likeness (QED) is 0.268. The Morgan fingerprint density at radius 3 is 2.59 bits per heavy atom. The molecule has 5 rings (SSSR count). The van der Waals surface area contributed by atoms with E-state index in [0.717, 1.165) is 36.3 Å². The van der Waals surface area contributed by atoms with Gasteiger partial charge in [-0.2, -0.15) is 0 Å². The highest BCUT2D eigenvalue weighted by Gasteiger charge is 2.37. The Bertz CT molecular complexity index is 1480. The van der Waals surface area contributed by atoms with E-state index in [2.05, 4.69) is 20.2 Å². The third kappa shape index (κ3) is 6.67. The standard InChI is InChI=1S/C30H28FN3O5/c1-18-9-25(34-39-18)14-23-13-22(23)10-19-11-24(15-26(12-19)38-17-21-5-3-4-6-27(21)31)29(35)33-28-8-7-20(16-32-28)30(36)37-2/h3-9,11-12,15-16,22-23H,10,13-14,17H2,1-2H3,(H,32,33,35). The van der Waals surface area contributed by atoms with Gasteiger partial charge in [0, 0.05) is 23.4 Å². The van der Waals surface area contributed by atoms with Crippen molar-refractivity contribution in [2.24, 2.45) is 11.8 Å². The first kappa shape index (κ1) is 26.1. The zero-order chi connectivity index (χ0) is 27.4. The maximum Gasteiger partial charge on any atom is 0.339 e. The summed E-state index contributed by atoms with van der Waals surface area (Å²) >= 11 is 0. The lowest BCUT2D eigenvalue weighted by molar-refractivity contribution is 0.0600. The summed E-state index contributed by atoms with van der Waals surface area (Å²) in [7, 11) is 1.29. The zero-order valence-corrected chi connectivity index (χ0v) is 21.6. The Balaban J connectivity index is 1.31. The fraction of sp³-hybridized carbons (Fsp3) is 0.267. The molecule has 2 unspecified atom stereocenters. The van der Waals surface area contributed by atoms with Crippen LogP contribution in [0.2, 0.25) is 0 Å². The molecule has 1 N–H and O–H groups in total. The summed E-state index contributed by atoms with van der Waals surface area (Å²) in [6, 6.07) is 16.8. The molecule has 1 aliphatic carbocycles. The predicted octanol–water partition coefficient (Wildman–Crippen LogP) is 5.56. The second-order valence-electron chi connectivity index (χ2n) is 9.72. The average Bonchev–Trinajstić information content (AvgIpc) is 3.52. The van der Waals surface area contributed by atoms with Crippen molar-refractivity contribution in [1.29, 1.82) is 0 Å². The molecular formula is C30H28FN3O5. The summed E-state index contributed by atoms with van der Waals surface area (Å²) in [5.74, 6) is 1.26. The van der Waals surface area contributed by atoms with Crippen molar-refractivity contribution in [3.8, 4) is 5.75 Å². The number of nitrogens with zero attached hydrogens (tertiary/aromatic N) is 2. The van der Waals surface area contributed by atoms with Gasteiger partial charge in [0.25, 0.3) is 5.91 Å². The topological polar surface area (TPSA) is 104 Å². The zero-order valence-electron chi connectivity index (χ0n) is 21.6. The number of hydrogen-bond acceptors (Lipinski definition) is 7. The lowest BCUT2D eigenvalue weighted by atomic mass is 10.0. The molecule has 9 heteroatoms. The first-order valence-electron chi connectivity index (χ1n) is 12.7. The van der Waals surface area contributed by atoms with Crippen molar-refractivity contribution in [2.45, 2.75) is 32.8 Å². The van der Waals surface area contributed by atoms with Gasteiger partial charge in [-0.3, -0.25) is 4.79 Å². The normalized spacial score (nSPS) is 16.0. The molecule has 2 aromatic heterocycles. The molecule has 2 heterocycles. The number of esters is 1. The molecule has 0 spiro atoms. The molecule has 2 atom stereocenters. The second kappa shape index (κ2) is 11.5. The van der Waals surface area contributed by atoms with Crippen LogP contribution in [0, 0.1) is 24.6 Å². The Morgan fingerprint density at radius 2 is 1.87 bits per heavy atom. The van der Waals surface area contributed by atoms with Crippen molar-refractivity contribution < 1.29 is 28.0 Å². The van der Waals surface area contributed by atoms with Crippen molar-refractivity contribution in [3.63, 3.8) is 0 Å². The number of aromatic nitrogens is 2. The van der Waals surface area contributed by atoms with Crippen LogP contribution in [0.1, 0.15) is 49.7 Å². The van der Waals surface area contributed by atoms with E-state index in [1.54, 1.807) is 24.3 Å². The van der Waals surface area contributed by atoms with Crippen LogP contribution < -0.4 is 10.1 Å². The molecule has 0 aliphatic heterocycles. The van der Waals surface area contributed by atoms with Gasteiger partial charge in [-0.25, -0.2) is 14.2 Å². The lowest BCUT2D eigenvalue weighted by Gasteiger charge is -2.12. The Hall–Kier alpha value is -4.53. The van der Waals surface area contributed by atoms with Gasteiger partial charge in [0.15, 0.2) is 0 Å². The van der Waals surface area contributed by atoms with E-state index in [1.807, 2.05) is 25.1 Å². The third-order valence-electron chi connectivity index (χ3n) is 6.72. The number of pyridine rings is 1. The highest BCUT2D eigenvalue weighted by Crippen LogP contribution is 2.43. The summed E-state index contributed by atoms with van der Waals surface area (Å²) in [4.78, 5) is 28.9. The minimum absolute atomic E-state index is 0.0330. The van der Waals surface area contributed by atoms with E-state index in [-0.39, 0.29) is 29.7 Å². The third-order valence-corrected chi connectivity index (χ3v) is 6.72. The molecule has 0 radical (unpaired) electrons. The Labute approximate surface area is 225 Å². The van der Waals surface area contributed by atoms with Gasteiger partial charge in [0.1, 0.15) is 29.8 Å². The van der Waals surface area contributed by atoms with Gasteiger partial charge < -0.3 is 19.3 Å².